The lowest BCUT2D eigenvalue weighted by Crippen LogP contribution is -2.07. The van der Waals surface area contributed by atoms with Crippen molar-refractivity contribution >= 4 is 11.4 Å². The Bertz CT molecular complexity index is 795. The van der Waals surface area contributed by atoms with Gasteiger partial charge in [0.05, 0.1) is 18.0 Å². The van der Waals surface area contributed by atoms with E-state index in [4.69, 9.17) is 0 Å². The Morgan fingerprint density at radius 3 is 2.89 bits per heavy atom. The Morgan fingerprint density at radius 2 is 2.17 bits per heavy atom. The van der Waals surface area contributed by atoms with E-state index in [1.807, 2.05) is 0 Å². The van der Waals surface area contributed by atoms with Crippen LogP contribution in [0.2, 0.25) is 0 Å². The quantitative estimate of drug-likeness (QED) is 0.660. The first kappa shape index (κ1) is 10.5. The second-order valence-corrected chi connectivity index (χ2v) is 3.86. The van der Waals surface area contributed by atoms with E-state index in [1.54, 1.807) is 18.6 Å². The lowest BCUT2D eigenvalue weighted by Gasteiger charge is -1.97. The van der Waals surface area contributed by atoms with Crippen LogP contribution in [0, 0.1) is 0 Å². The van der Waals surface area contributed by atoms with Crippen molar-refractivity contribution in [1.82, 2.24) is 24.4 Å². The summed E-state index contributed by atoms with van der Waals surface area (Å²) in [6.45, 7) is 1.47. The average molecular weight is 243 g/mol. The van der Waals surface area contributed by atoms with Crippen LogP contribution in [0.15, 0.2) is 35.6 Å². The van der Waals surface area contributed by atoms with E-state index in [1.165, 1.54) is 28.4 Å². The highest BCUT2D eigenvalue weighted by Gasteiger charge is 2.10. The molecule has 7 nitrogen and oxygen atoms in total. The number of rotatable bonds is 2. The SMILES string of the molecule is CC(=O)c1cnn(-c2cnn3ccc(=O)[nH]c23)c1. The first-order valence-corrected chi connectivity index (χ1v) is 5.28. The van der Waals surface area contributed by atoms with Gasteiger partial charge in [0.1, 0.15) is 5.69 Å². The van der Waals surface area contributed by atoms with Gasteiger partial charge in [0.25, 0.3) is 5.56 Å². The molecule has 0 saturated heterocycles. The minimum atomic E-state index is -0.219. The second-order valence-electron chi connectivity index (χ2n) is 3.86. The smallest absolute Gasteiger partial charge is 0.251 e. The van der Waals surface area contributed by atoms with E-state index in [2.05, 4.69) is 15.2 Å². The van der Waals surface area contributed by atoms with Gasteiger partial charge < -0.3 is 4.98 Å². The lowest BCUT2D eigenvalue weighted by atomic mass is 10.3. The van der Waals surface area contributed by atoms with Crippen LogP contribution in [-0.4, -0.2) is 30.2 Å². The average Bonchev–Trinajstić information content (AvgIpc) is 2.93. The van der Waals surface area contributed by atoms with Crippen molar-refractivity contribution in [2.75, 3.05) is 0 Å². The highest BCUT2D eigenvalue weighted by Crippen LogP contribution is 2.12. The van der Waals surface area contributed by atoms with Gasteiger partial charge in [-0.05, 0) is 6.92 Å². The van der Waals surface area contributed by atoms with Gasteiger partial charge in [0, 0.05) is 18.5 Å². The minimum Gasteiger partial charge on any atom is -0.305 e. The molecule has 0 atom stereocenters. The topological polar surface area (TPSA) is 85.0 Å². The number of nitrogens with one attached hydrogen (secondary N) is 1. The number of fused-ring (bicyclic) bond motifs is 1. The molecule has 90 valence electrons. The minimum absolute atomic E-state index is 0.0637. The van der Waals surface area contributed by atoms with Gasteiger partial charge >= 0.3 is 0 Å². The Labute approximate surface area is 101 Å². The zero-order valence-corrected chi connectivity index (χ0v) is 9.49. The van der Waals surface area contributed by atoms with Crippen molar-refractivity contribution in [3.8, 4) is 5.69 Å². The second kappa shape index (κ2) is 3.66. The first-order chi connectivity index (χ1) is 8.65. The lowest BCUT2D eigenvalue weighted by molar-refractivity contribution is 0.101. The summed E-state index contributed by atoms with van der Waals surface area (Å²) in [6.07, 6.45) is 6.22. The van der Waals surface area contributed by atoms with Gasteiger partial charge in [-0.15, -0.1) is 0 Å². The number of ketones is 1. The molecular weight excluding hydrogens is 234 g/mol. The Hall–Kier alpha value is -2.70. The van der Waals surface area contributed by atoms with Crippen molar-refractivity contribution < 1.29 is 4.79 Å². The summed E-state index contributed by atoms with van der Waals surface area (Å²) in [5, 5.41) is 8.17. The molecular formula is C11H9N5O2. The summed E-state index contributed by atoms with van der Waals surface area (Å²) in [6, 6.07) is 1.38. The Balaban J connectivity index is 2.21. The molecule has 0 spiro atoms. The molecule has 0 aliphatic heterocycles. The van der Waals surface area contributed by atoms with Gasteiger partial charge in [-0.3, -0.25) is 9.59 Å². The fourth-order valence-electron chi connectivity index (χ4n) is 1.69. The molecule has 0 aliphatic rings. The van der Waals surface area contributed by atoms with Crippen LogP contribution in [0.3, 0.4) is 0 Å². The van der Waals surface area contributed by atoms with Crippen LogP contribution >= 0.6 is 0 Å². The fraction of sp³-hybridized carbons (Fsp3) is 0.0909. The van der Waals surface area contributed by atoms with Crippen LogP contribution < -0.4 is 5.56 Å². The maximum absolute atomic E-state index is 11.3. The molecule has 1 N–H and O–H groups in total. The number of H-pyrrole nitrogens is 1. The van der Waals surface area contributed by atoms with Crippen LogP contribution in [0.25, 0.3) is 11.3 Å². The van der Waals surface area contributed by atoms with Crippen molar-refractivity contribution in [3.63, 3.8) is 0 Å². The molecule has 0 fully saturated rings. The standard InChI is InChI=1S/C11H9N5O2/c1-7(17)8-4-12-16(6-8)9-5-13-15-3-2-10(18)14-11(9)15/h2-6H,1H3,(H,14,18). The maximum Gasteiger partial charge on any atom is 0.251 e. The summed E-state index contributed by atoms with van der Waals surface area (Å²) >= 11 is 0. The molecule has 3 rings (SSSR count). The van der Waals surface area contributed by atoms with E-state index >= 15 is 0 Å². The normalized spacial score (nSPS) is 10.9. The highest BCUT2D eigenvalue weighted by molar-refractivity contribution is 5.93. The number of aromatic amines is 1. The van der Waals surface area contributed by atoms with E-state index in [0.717, 1.165) is 0 Å². The molecule has 3 heterocycles. The Morgan fingerprint density at radius 1 is 1.33 bits per heavy atom. The van der Waals surface area contributed by atoms with Crippen LogP contribution in [0.4, 0.5) is 0 Å². The number of nitrogens with zero attached hydrogens (tertiary/aromatic N) is 4. The van der Waals surface area contributed by atoms with Gasteiger partial charge in [-0.2, -0.15) is 10.2 Å². The molecule has 0 unspecified atom stereocenters. The predicted octanol–water partition coefficient (Wildman–Crippen LogP) is 0.411. The molecule has 18 heavy (non-hydrogen) atoms. The van der Waals surface area contributed by atoms with Crippen LogP contribution in [-0.2, 0) is 0 Å². The van der Waals surface area contributed by atoms with E-state index < -0.39 is 0 Å². The van der Waals surface area contributed by atoms with Crippen molar-refractivity contribution in [1.29, 1.82) is 0 Å². The number of carbonyl (C=O) groups excluding carboxylic acids is 1. The van der Waals surface area contributed by atoms with Gasteiger partial charge in [-0.1, -0.05) is 0 Å². The monoisotopic (exact) mass is 243 g/mol. The summed E-state index contributed by atoms with van der Waals surface area (Å²) in [4.78, 5) is 25.2. The van der Waals surface area contributed by atoms with E-state index in [0.29, 0.717) is 16.9 Å². The summed E-state index contributed by atoms with van der Waals surface area (Å²) in [7, 11) is 0. The zero-order valence-electron chi connectivity index (χ0n) is 9.49. The van der Waals surface area contributed by atoms with Gasteiger partial charge in [0.2, 0.25) is 0 Å². The molecule has 7 heteroatoms. The molecule has 3 aromatic rings. The van der Waals surface area contributed by atoms with Crippen molar-refractivity contribution in [2.45, 2.75) is 6.92 Å². The number of Topliss-reactive ketones (excluding diaryl/α,β-unsaturated/α-hetero) is 1. The first-order valence-electron chi connectivity index (χ1n) is 5.28. The van der Waals surface area contributed by atoms with Gasteiger partial charge in [0.15, 0.2) is 11.4 Å². The molecule has 0 amide bonds. The molecule has 0 saturated carbocycles. The van der Waals surface area contributed by atoms with E-state index in [9.17, 15) is 9.59 Å². The third-order valence-electron chi connectivity index (χ3n) is 2.62. The molecule has 0 radical (unpaired) electrons. The molecule has 0 aromatic carbocycles. The third-order valence-corrected chi connectivity index (χ3v) is 2.62. The number of hydrogen-bond acceptors (Lipinski definition) is 4. The maximum atomic E-state index is 11.3. The predicted molar refractivity (Wildman–Crippen MR) is 62.9 cm³/mol. The van der Waals surface area contributed by atoms with Crippen molar-refractivity contribution in [2.24, 2.45) is 0 Å². The summed E-state index contributed by atoms with van der Waals surface area (Å²) in [5.41, 5.74) is 1.43. The zero-order chi connectivity index (χ0) is 12.7. The van der Waals surface area contributed by atoms with Crippen LogP contribution in [0.5, 0.6) is 0 Å². The summed E-state index contributed by atoms with van der Waals surface area (Å²) < 4.78 is 3.04. The van der Waals surface area contributed by atoms with Crippen LogP contribution in [0.1, 0.15) is 17.3 Å². The van der Waals surface area contributed by atoms with Crippen molar-refractivity contribution in [3.05, 3.63) is 46.8 Å². The number of aromatic nitrogens is 5. The van der Waals surface area contributed by atoms with E-state index in [-0.39, 0.29) is 11.3 Å². The molecule has 0 aliphatic carbocycles. The number of hydrogen-bond donors (Lipinski definition) is 1. The fourth-order valence-corrected chi connectivity index (χ4v) is 1.69. The third kappa shape index (κ3) is 1.53. The number of carbonyl (C=O) groups is 1. The molecule has 0 bridgehead atoms. The largest absolute Gasteiger partial charge is 0.305 e. The Kier molecular flexibility index (Phi) is 2.12. The highest BCUT2D eigenvalue weighted by atomic mass is 16.1. The summed E-state index contributed by atoms with van der Waals surface area (Å²) in [5.74, 6) is -0.0637. The van der Waals surface area contributed by atoms with Gasteiger partial charge in [-0.25, -0.2) is 9.20 Å². The molecule has 3 aromatic heterocycles.